The molecule has 0 saturated carbocycles. The van der Waals surface area contributed by atoms with Crippen LogP contribution in [0.2, 0.25) is 0 Å². The van der Waals surface area contributed by atoms with E-state index in [0.717, 1.165) is 18.8 Å². The third kappa shape index (κ3) is 12.2. The number of nitrogens with one attached hydrogen (secondary N) is 1. The van der Waals surface area contributed by atoms with Gasteiger partial charge in [0, 0.05) is 17.2 Å². The number of halogens is 1. The second-order valence-corrected chi connectivity index (χ2v) is 6.31. The van der Waals surface area contributed by atoms with Crippen molar-refractivity contribution in [2.24, 2.45) is 5.92 Å². The standard InChI is InChI=1S/C9H20ClNO2S/c1-9(2)7-5-3-4-6-8-11-14(10,12)13/h9,11H,3-8H2,1-2H3. The van der Waals surface area contributed by atoms with Crippen LogP contribution in [0.4, 0.5) is 0 Å². The molecule has 0 unspecified atom stereocenters. The molecule has 0 aliphatic carbocycles. The molecule has 0 rings (SSSR count). The second-order valence-electron chi connectivity index (χ2n) is 3.93. The van der Waals surface area contributed by atoms with Gasteiger partial charge in [0.15, 0.2) is 0 Å². The van der Waals surface area contributed by atoms with E-state index in [2.05, 4.69) is 18.6 Å². The van der Waals surface area contributed by atoms with E-state index in [1.807, 2.05) is 0 Å². The molecule has 3 nitrogen and oxygen atoms in total. The molecule has 1 N–H and O–H groups in total. The van der Waals surface area contributed by atoms with Gasteiger partial charge < -0.3 is 0 Å². The average Bonchev–Trinajstić information content (AvgIpc) is 2.00. The summed E-state index contributed by atoms with van der Waals surface area (Å²) in [5.41, 5.74) is 0. The summed E-state index contributed by atoms with van der Waals surface area (Å²) in [7, 11) is 1.47. The SMILES string of the molecule is CC(C)CCCCCCNS(=O)(=O)Cl. The van der Waals surface area contributed by atoms with Crippen molar-refractivity contribution >= 4 is 19.9 Å². The van der Waals surface area contributed by atoms with Gasteiger partial charge in [-0.3, -0.25) is 0 Å². The van der Waals surface area contributed by atoms with Crippen LogP contribution in [0, 0.1) is 5.92 Å². The molecule has 0 aromatic rings. The smallest absolute Gasteiger partial charge is 0.202 e. The molecule has 0 aromatic carbocycles. The third-order valence-electron chi connectivity index (χ3n) is 1.98. The molecule has 0 amide bonds. The van der Waals surface area contributed by atoms with Gasteiger partial charge in [0.05, 0.1) is 0 Å². The molecule has 0 aliphatic heterocycles. The molecule has 0 radical (unpaired) electrons. The van der Waals surface area contributed by atoms with Gasteiger partial charge in [0.25, 0.3) is 9.24 Å². The Kier molecular flexibility index (Phi) is 7.59. The number of rotatable bonds is 8. The Balaban J connectivity index is 3.15. The van der Waals surface area contributed by atoms with Crippen molar-refractivity contribution in [1.29, 1.82) is 0 Å². The largest absolute Gasteiger partial charge is 0.297 e. The predicted octanol–water partition coefficient (Wildman–Crippen LogP) is 2.67. The lowest BCUT2D eigenvalue weighted by Crippen LogP contribution is -2.19. The van der Waals surface area contributed by atoms with Crippen LogP contribution < -0.4 is 4.72 Å². The summed E-state index contributed by atoms with van der Waals surface area (Å²) in [6.07, 6.45) is 5.57. The van der Waals surface area contributed by atoms with Crippen molar-refractivity contribution in [2.75, 3.05) is 6.54 Å². The quantitative estimate of drug-likeness (QED) is 0.525. The van der Waals surface area contributed by atoms with E-state index in [1.165, 1.54) is 19.3 Å². The Hall–Kier alpha value is 0.200. The summed E-state index contributed by atoms with van der Waals surface area (Å²) in [5.74, 6) is 0.761. The van der Waals surface area contributed by atoms with Gasteiger partial charge in [-0.15, -0.1) is 0 Å². The van der Waals surface area contributed by atoms with Crippen LogP contribution in [-0.2, 0) is 9.24 Å². The molecule has 0 aromatic heterocycles. The highest BCUT2D eigenvalue weighted by molar-refractivity contribution is 8.12. The van der Waals surface area contributed by atoms with Crippen LogP contribution in [0.5, 0.6) is 0 Å². The molecule has 5 heteroatoms. The number of unbranched alkanes of at least 4 members (excludes halogenated alkanes) is 3. The zero-order valence-corrected chi connectivity index (χ0v) is 10.5. The molecule has 0 heterocycles. The molecule has 0 spiro atoms. The van der Waals surface area contributed by atoms with Crippen LogP contribution in [-0.4, -0.2) is 15.0 Å². The van der Waals surface area contributed by atoms with Crippen LogP contribution in [0.3, 0.4) is 0 Å². The first-order chi connectivity index (χ1) is 6.42. The topological polar surface area (TPSA) is 46.2 Å². The summed E-state index contributed by atoms with van der Waals surface area (Å²) in [6, 6.07) is 0. The lowest BCUT2D eigenvalue weighted by atomic mass is 10.0. The first-order valence-electron chi connectivity index (χ1n) is 5.11. The van der Waals surface area contributed by atoms with Gasteiger partial charge in [-0.1, -0.05) is 39.5 Å². The number of hydrogen-bond acceptors (Lipinski definition) is 2. The summed E-state index contributed by atoms with van der Waals surface area (Å²) < 4.78 is 23.2. The maximum absolute atomic E-state index is 10.5. The first-order valence-corrected chi connectivity index (χ1v) is 7.42. The zero-order chi connectivity index (χ0) is 11.0. The molecule has 0 aliphatic rings. The maximum atomic E-state index is 10.5. The lowest BCUT2D eigenvalue weighted by Gasteiger charge is -2.04. The Morgan fingerprint density at radius 2 is 1.71 bits per heavy atom. The van der Waals surface area contributed by atoms with Gasteiger partial charge in [0.2, 0.25) is 0 Å². The Morgan fingerprint density at radius 1 is 1.14 bits per heavy atom. The summed E-state index contributed by atoms with van der Waals surface area (Å²) in [6.45, 7) is 4.87. The van der Waals surface area contributed by atoms with Gasteiger partial charge in [-0.2, -0.15) is 8.42 Å². The summed E-state index contributed by atoms with van der Waals surface area (Å²) in [4.78, 5) is 0. The lowest BCUT2D eigenvalue weighted by molar-refractivity contribution is 0.518. The van der Waals surface area contributed by atoms with E-state index in [9.17, 15) is 8.42 Å². The molecular weight excluding hydrogens is 222 g/mol. The Morgan fingerprint density at radius 3 is 2.21 bits per heavy atom. The van der Waals surface area contributed by atoms with Crippen LogP contribution >= 0.6 is 10.7 Å². The molecule has 14 heavy (non-hydrogen) atoms. The minimum absolute atomic E-state index is 0.452. The van der Waals surface area contributed by atoms with E-state index in [4.69, 9.17) is 10.7 Å². The molecule has 0 atom stereocenters. The van der Waals surface area contributed by atoms with Crippen molar-refractivity contribution in [3.05, 3.63) is 0 Å². The fraction of sp³-hybridized carbons (Fsp3) is 1.00. The van der Waals surface area contributed by atoms with Gasteiger partial charge in [0.1, 0.15) is 0 Å². The Labute approximate surface area is 91.8 Å². The van der Waals surface area contributed by atoms with E-state index < -0.39 is 9.24 Å². The number of hydrogen-bond donors (Lipinski definition) is 1. The average molecular weight is 242 g/mol. The van der Waals surface area contributed by atoms with Gasteiger partial charge in [-0.05, 0) is 12.3 Å². The monoisotopic (exact) mass is 241 g/mol. The van der Waals surface area contributed by atoms with Crippen LogP contribution in [0.15, 0.2) is 0 Å². The zero-order valence-electron chi connectivity index (χ0n) is 8.92. The van der Waals surface area contributed by atoms with E-state index in [1.54, 1.807) is 0 Å². The molecule has 0 fully saturated rings. The highest BCUT2D eigenvalue weighted by Crippen LogP contribution is 2.09. The highest BCUT2D eigenvalue weighted by atomic mass is 35.7. The minimum Gasteiger partial charge on any atom is -0.202 e. The van der Waals surface area contributed by atoms with Crippen LogP contribution in [0.1, 0.15) is 46.0 Å². The molecule has 0 saturated heterocycles. The van der Waals surface area contributed by atoms with E-state index >= 15 is 0 Å². The van der Waals surface area contributed by atoms with Crippen molar-refractivity contribution in [2.45, 2.75) is 46.0 Å². The minimum atomic E-state index is -3.51. The predicted molar refractivity (Wildman–Crippen MR) is 60.7 cm³/mol. The van der Waals surface area contributed by atoms with Crippen molar-refractivity contribution in [1.82, 2.24) is 4.72 Å². The van der Waals surface area contributed by atoms with Crippen molar-refractivity contribution in [3.8, 4) is 0 Å². The highest BCUT2D eigenvalue weighted by Gasteiger charge is 2.01. The third-order valence-corrected chi connectivity index (χ3v) is 2.86. The van der Waals surface area contributed by atoms with Gasteiger partial charge >= 0.3 is 0 Å². The first kappa shape index (κ1) is 14.2. The summed E-state index contributed by atoms with van der Waals surface area (Å²) >= 11 is 0. The molecular formula is C9H20ClNO2S. The van der Waals surface area contributed by atoms with Crippen LogP contribution in [0.25, 0.3) is 0 Å². The molecule has 86 valence electrons. The summed E-state index contributed by atoms with van der Waals surface area (Å²) in [5, 5.41) is 0. The van der Waals surface area contributed by atoms with Crippen molar-refractivity contribution in [3.63, 3.8) is 0 Å². The normalized spacial score (nSPS) is 12.3. The van der Waals surface area contributed by atoms with Crippen molar-refractivity contribution < 1.29 is 8.42 Å². The fourth-order valence-corrected chi connectivity index (χ4v) is 1.84. The fourth-order valence-electron chi connectivity index (χ4n) is 1.23. The molecule has 0 bridgehead atoms. The second kappa shape index (κ2) is 7.49. The Bertz CT molecular complexity index is 227. The van der Waals surface area contributed by atoms with Gasteiger partial charge in [-0.25, -0.2) is 4.72 Å². The van der Waals surface area contributed by atoms with E-state index in [0.29, 0.717) is 6.54 Å². The van der Waals surface area contributed by atoms with E-state index in [-0.39, 0.29) is 0 Å². The maximum Gasteiger partial charge on any atom is 0.297 e.